The van der Waals surface area contributed by atoms with Crippen molar-refractivity contribution in [2.45, 2.75) is 51.5 Å². The number of amides is 1. The first-order chi connectivity index (χ1) is 19.5. The molecule has 7 rings (SSSR count). The molecule has 3 saturated heterocycles. The third-order valence-electron chi connectivity index (χ3n) is 8.20. The van der Waals surface area contributed by atoms with E-state index in [9.17, 15) is 4.79 Å². The molecule has 4 aromatic rings. The molecule has 3 fully saturated rings. The van der Waals surface area contributed by atoms with Crippen molar-refractivity contribution in [1.29, 1.82) is 0 Å². The SMILES string of the molecule is CC(C)c1nnc(-c2ccc(Oc3cc(-c4nnc(C5CN6CCC5C6)o4)ccc3CN3CCCC3=O)cc2)s1. The zero-order chi connectivity index (χ0) is 27.2. The molecule has 0 aliphatic carbocycles. The summed E-state index contributed by atoms with van der Waals surface area (Å²) >= 11 is 1.61. The van der Waals surface area contributed by atoms with E-state index in [0.717, 1.165) is 58.7 Å². The van der Waals surface area contributed by atoms with E-state index in [1.807, 2.05) is 47.4 Å². The number of likely N-dealkylation sites (tertiary alicyclic amines) is 1. The molecule has 0 N–H and O–H groups in total. The van der Waals surface area contributed by atoms with Crippen LogP contribution >= 0.6 is 11.3 Å². The molecule has 3 unspecified atom stereocenters. The summed E-state index contributed by atoms with van der Waals surface area (Å²) in [5.41, 5.74) is 2.75. The highest BCUT2D eigenvalue weighted by molar-refractivity contribution is 7.14. The van der Waals surface area contributed by atoms with E-state index in [4.69, 9.17) is 9.15 Å². The second kappa shape index (κ2) is 10.4. The number of hydrogen-bond donors (Lipinski definition) is 0. The van der Waals surface area contributed by atoms with Crippen molar-refractivity contribution in [3.05, 3.63) is 58.9 Å². The molecule has 5 heterocycles. The Morgan fingerprint density at radius 1 is 1.02 bits per heavy atom. The fourth-order valence-corrected chi connectivity index (χ4v) is 6.78. The number of aromatic nitrogens is 4. The van der Waals surface area contributed by atoms with Gasteiger partial charge < -0.3 is 19.0 Å². The van der Waals surface area contributed by atoms with E-state index in [-0.39, 0.29) is 5.91 Å². The summed E-state index contributed by atoms with van der Waals surface area (Å²) in [6, 6.07) is 13.8. The lowest BCUT2D eigenvalue weighted by molar-refractivity contribution is -0.128. The minimum atomic E-state index is 0.181. The zero-order valence-electron chi connectivity index (χ0n) is 22.7. The third kappa shape index (κ3) is 4.90. The molecule has 3 aliphatic rings. The van der Waals surface area contributed by atoms with Crippen LogP contribution in [0.2, 0.25) is 0 Å². The molecule has 2 bridgehead atoms. The molecular formula is C30H32N6O3S. The lowest BCUT2D eigenvalue weighted by Gasteiger charge is -2.19. The van der Waals surface area contributed by atoms with Crippen LogP contribution in [0.1, 0.15) is 61.4 Å². The standard InChI is InChI=1S/C30H32N6O3S/c1-18(2)29-33-34-30(40-29)19-7-9-23(10-8-19)38-25-14-20(5-6-22(25)16-36-12-3-4-26(36)37)27-31-32-28(39-27)24-17-35-13-11-21(24)15-35/h5-10,14,18,21,24H,3-4,11-13,15-17H2,1-2H3. The van der Waals surface area contributed by atoms with Crippen molar-refractivity contribution in [2.75, 3.05) is 26.2 Å². The second-order valence-corrected chi connectivity index (χ2v) is 12.3. The molecule has 2 aromatic carbocycles. The normalized spacial score (nSPS) is 22.1. The van der Waals surface area contributed by atoms with Crippen molar-refractivity contribution >= 4 is 17.2 Å². The van der Waals surface area contributed by atoms with E-state index >= 15 is 0 Å². The van der Waals surface area contributed by atoms with Crippen LogP contribution < -0.4 is 4.74 Å². The average Bonchev–Trinajstić information content (AvgIpc) is 3.80. The maximum absolute atomic E-state index is 12.4. The Bertz CT molecular complexity index is 1530. The number of piperidine rings is 1. The summed E-state index contributed by atoms with van der Waals surface area (Å²) in [6.07, 6.45) is 2.69. The number of fused-ring (bicyclic) bond motifs is 2. The van der Waals surface area contributed by atoms with E-state index in [1.165, 1.54) is 13.0 Å². The van der Waals surface area contributed by atoms with Gasteiger partial charge in [-0.1, -0.05) is 31.3 Å². The highest BCUT2D eigenvalue weighted by Crippen LogP contribution is 2.40. The number of rotatable bonds is 8. The van der Waals surface area contributed by atoms with Crippen molar-refractivity contribution in [2.24, 2.45) is 5.92 Å². The fraction of sp³-hybridized carbons (Fsp3) is 0.433. The first-order valence-electron chi connectivity index (χ1n) is 14.1. The van der Waals surface area contributed by atoms with Crippen LogP contribution in [-0.4, -0.2) is 62.3 Å². The molecule has 0 radical (unpaired) electrons. The van der Waals surface area contributed by atoms with Gasteiger partial charge in [-0.3, -0.25) is 4.79 Å². The number of nitrogens with zero attached hydrogens (tertiary/aromatic N) is 6. The van der Waals surface area contributed by atoms with Crippen molar-refractivity contribution in [3.63, 3.8) is 0 Å². The molecule has 2 aromatic heterocycles. The Kier molecular flexibility index (Phi) is 6.59. The summed E-state index contributed by atoms with van der Waals surface area (Å²) in [4.78, 5) is 16.7. The van der Waals surface area contributed by atoms with Gasteiger partial charge in [0.15, 0.2) is 0 Å². The molecule has 9 nitrogen and oxygen atoms in total. The predicted octanol–water partition coefficient (Wildman–Crippen LogP) is 5.71. The molecule has 10 heteroatoms. The first kappa shape index (κ1) is 25.3. The van der Waals surface area contributed by atoms with Gasteiger partial charge in [0.05, 0.1) is 5.92 Å². The Morgan fingerprint density at radius 3 is 2.58 bits per heavy atom. The molecule has 1 amide bonds. The number of ether oxygens (including phenoxy) is 1. The molecular weight excluding hydrogens is 524 g/mol. The maximum Gasteiger partial charge on any atom is 0.247 e. The molecule has 40 heavy (non-hydrogen) atoms. The zero-order valence-corrected chi connectivity index (χ0v) is 23.6. The van der Waals surface area contributed by atoms with Crippen LogP contribution in [0.15, 0.2) is 46.9 Å². The lowest BCUT2D eigenvalue weighted by atomic mass is 9.93. The van der Waals surface area contributed by atoms with Crippen molar-refractivity contribution < 1.29 is 13.9 Å². The highest BCUT2D eigenvalue weighted by atomic mass is 32.1. The number of carbonyl (C=O) groups is 1. The summed E-state index contributed by atoms with van der Waals surface area (Å²) < 4.78 is 12.6. The topological polar surface area (TPSA) is 97.5 Å². The number of carbonyl (C=O) groups excluding carboxylic acids is 1. The summed E-state index contributed by atoms with van der Waals surface area (Å²) in [5.74, 6) is 4.04. The van der Waals surface area contributed by atoms with Crippen LogP contribution in [0.25, 0.3) is 22.0 Å². The van der Waals surface area contributed by atoms with E-state index in [2.05, 4.69) is 39.1 Å². The van der Waals surface area contributed by atoms with Crippen LogP contribution in [0.4, 0.5) is 0 Å². The van der Waals surface area contributed by atoms with Gasteiger partial charge in [0.1, 0.15) is 21.5 Å². The molecule has 0 saturated carbocycles. The van der Waals surface area contributed by atoms with E-state index in [0.29, 0.717) is 48.1 Å². The smallest absolute Gasteiger partial charge is 0.247 e. The van der Waals surface area contributed by atoms with Gasteiger partial charge in [-0.25, -0.2) is 0 Å². The van der Waals surface area contributed by atoms with Crippen molar-refractivity contribution in [1.82, 2.24) is 30.2 Å². The Balaban J connectivity index is 1.15. The van der Waals surface area contributed by atoms with Gasteiger partial charge in [-0.05, 0) is 61.7 Å². The minimum Gasteiger partial charge on any atom is -0.457 e. The molecule has 0 spiro atoms. The van der Waals surface area contributed by atoms with Gasteiger partial charge in [-0.15, -0.1) is 20.4 Å². The third-order valence-corrected chi connectivity index (χ3v) is 9.47. The van der Waals surface area contributed by atoms with Gasteiger partial charge in [0.25, 0.3) is 0 Å². The monoisotopic (exact) mass is 556 g/mol. The van der Waals surface area contributed by atoms with Crippen molar-refractivity contribution in [3.8, 4) is 33.5 Å². The Hall–Kier alpha value is -3.63. The van der Waals surface area contributed by atoms with E-state index in [1.54, 1.807) is 11.3 Å². The Morgan fingerprint density at radius 2 is 1.88 bits per heavy atom. The van der Waals surface area contributed by atoms with Crippen LogP contribution in [0, 0.1) is 5.92 Å². The highest BCUT2D eigenvalue weighted by Gasteiger charge is 2.41. The Labute approximate surface area is 237 Å². The van der Waals surface area contributed by atoms with Gasteiger partial charge >= 0.3 is 0 Å². The minimum absolute atomic E-state index is 0.181. The second-order valence-electron chi connectivity index (χ2n) is 11.3. The van der Waals surface area contributed by atoms with Crippen LogP contribution in [-0.2, 0) is 11.3 Å². The fourth-order valence-electron chi connectivity index (χ4n) is 5.93. The quantitative estimate of drug-likeness (QED) is 0.272. The van der Waals surface area contributed by atoms with Crippen LogP contribution in [0.3, 0.4) is 0 Å². The van der Waals surface area contributed by atoms with E-state index < -0.39 is 0 Å². The molecule has 206 valence electrons. The van der Waals surface area contributed by atoms with Gasteiger partial charge in [0, 0.05) is 55.2 Å². The molecule has 3 atom stereocenters. The summed E-state index contributed by atoms with van der Waals surface area (Å²) in [5, 5.41) is 19.4. The first-order valence-corrected chi connectivity index (χ1v) is 14.9. The summed E-state index contributed by atoms with van der Waals surface area (Å²) in [7, 11) is 0. The maximum atomic E-state index is 12.4. The number of benzene rings is 2. The lowest BCUT2D eigenvalue weighted by Crippen LogP contribution is -2.24. The van der Waals surface area contributed by atoms with Gasteiger partial charge in [0.2, 0.25) is 17.7 Å². The largest absolute Gasteiger partial charge is 0.457 e. The van der Waals surface area contributed by atoms with Gasteiger partial charge in [-0.2, -0.15) is 0 Å². The summed E-state index contributed by atoms with van der Waals surface area (Å²) in [6.45, 7) is 8.80. The average molecular weight is 557 g/mol. The van der Waals surface area contributed by atoms with Crippen LogP contribution in [0.5, 0.6) is 11.5 Å². The predicted molar refractivity (Wildman–Crippen MR) is 151 cm³/mol. The molecule has 3 aliphatic heterocycles. The number of hydrogen-bond acceptors (Lipinski definition) is 9.